The molecule has 1 unspecified atom stereocenters. The maximum Gasteiger partial charge on any atom is 0.306 e. The summed E-state index contributed by atoms with van der Waals surface area (Å²) in [5, 5.41) is 8.80. The Hall–Kier alpha value is -1.88. The maximum absolute atomic E-state index is 12.5. The van der Waals surface area contributed by atoms with Gasteiger partial charge in [-0.2, -0.15) is 0 Å². The van der Waals surface area contributed by atoms with E-state index in [9.17, 15) is 9.59 Å². The summed E-state index contributed by atoms with van der Waals surface area (Å²) >= 11 is 0. The van der Waals surface area contributed by atoms with Crippen molar-refractivity contribution in [2.75, 3.05) is 19.7 Å². The van der Waals surface area contributed by atoms with Crippen LogP contribution in [0.5, 0.6) is 0 Å². The molecule has 1 N–H and O–H groups in total. The van der Waals surface area contributed by atoms with Gasteiger partial charge in [-0.15, -0.1) is 0 Å². The van der Waals surface area contributed by atoms with Crippen LogP contribution < -0.4 is 0 Å². The van der Waals surface area contributed by atoms with Crippen LogP contribution in [0.2, 0.25) is 0 Å². The summed E-state index contributed by atoms with van der Waals surface area (Å²) in [5.74, 6) is -0.957. The Morgan fingerprint density at radius 2 is 2.15 bits per heavy atom. The Labute approximate surface area is 118 Å². The van der Waals surface area contributed by atoms with E-state index in [4.69, 9.17) is 9.84 Å². The summed E-state index contributed by atoms with van der Waals surface area (Å²) in [6.45, 7) is 5.12. The van der Waals surface area contributed by atoms with Crippen LogP contribution in [0, 0.1) is 13.8 Å². The fraction of sp³-hybridized carbons (Fsp3) is 0.467. The highest BCUT2D eigenvalue weighted by Gasteiger charge is 2.27. The van der Waals surface area contributed by atoms with E-state index in [2.05, 4.69) is 0 Å². The van der Waals surface area contributed by atoms with Gasteiger partial charge < -0.3 is 14.7 Å². The summed E-state index contributed by atoms with van der Waals surface area (Å²) in [7, 11) is 0. The third-order valence-electron chi connectivity index (χ3n) is 3.66. The average molecular weight is 277 g/mol. The summed E-state index contributed by atoms with van der Waals surface area (Å²) < 4.78 is 5.38. The van der Waals surface area contributed by atoms with Crippen molar-refractivity contribution >= 4 is 11.9 Å². The molecule has 0 aliphatic carbocycles. The number of amides is 1. The lowest BCUT2D eigenvalue weighted by Crippen LogP contribution is -2.46. The fourth-order valence-electron chi connectivity index (χ4n) is 2.38. The monoisotopic (exact) mass is 277 g/mol. The van der Waals surface area contributed by atoms with E-state index in [0.717, 1.165) is 11.1 Å². The number of carbonyl (C=O) groups excluding carboxylic acids is 1. The molecule has 1 aliphatic heterocycles. The van der Waals surface area contributed by atoms with Gasteiger partial charge in [0.25, 0.3) is 5.91 Å². The number of benzene rings is 1. The SMILES string of the molecule is Cc1cccc(C(=O)N2CCOC(CC(=O)O)C2)c1C. The first-order valence-corrected chi connectivity index (χ1v) is 6.68. The summed E-state index contributed by atoms with van der Waals surface area (Å²) in [4.78, 5) is 24.9. The molecule has 1 amide bonds. The van der Waals surface area contributed by atoms with Gasteiger partial charge in [-0.25, -0.2) is 0 Å². The van der Waals surface area contributed by atoms with Crippen LogP contribution in [0.4, 0.5) is 0 Å². The number of morpholine rings is 1. The highest BCUT2D eigenvalue weighted by molar-refractivity contribution is 5.96. The zero-order chi connectivity index (χ0) is 14.7. The van der Waals surface area contributed by atoms with Crippen molar-refractivity contribution in [1.29, 1.82) is 0 Å². The van der Waals surface area contributed by atoms with Crippen molar-refractivity contribution in [3.63, 3.8) is 0 Å². The predicted octanol–water partition coefficient (Wildman–Crippen LogP) is 1.62. The van der Waals surface area contributed by atoms with Gasteiger partial charge in [-0.1, -0.05) is 12.1 Å². The molecule has 0 aromatic heterocycles. The van der Waals surface area contributed by atoms with Crippen molar-refractivity contribution in [1.82, 2.24) is 4.90 Å². The number of rotatable bonds is 3. The Bertz CT molecular complexity index is 527. The first-order valence-electron chi connectivity index (χ1n) is 6.68. The average Bonchev–Trinajstić information content (AvgIpc) is 2.41. The largest absolute Gasteiger partial charge is 0.481 e. The van der Waals surface area contributed by atoms with E-state index >= 15 is 0 Å². The van der Waals surface area contributed by atoms with E-state index in [0.29, 0.717) is 25.3 Å². The lowest BCUT2D eigenvalue weighted by atomic mass is 10.0. The van der Waals surface area contributed by atoms with Gasteiger partial charge in [0, 0.05) is 18.7 Å². The number of hydrogen-bond donors (Lipinski definition) is 1. The summed E-state index contributed by atoms with van der Waals surface area (Å²) in [6.07, 6.45) is -0.494. The minimum absolute atomic E-state index is 0.0510. The van der Waals surface area contributed by atoms with Crippen molar-refractivity contribution < 1.29 is 19.4 Å². The second-order valence-electron chi connectivity index (χ2n) is 5.09. The number of ether oxygens (including phenoxy) is 1. The number of nitrogens with zero attached hydrogens (tertiary/aromatic N) is 1. The second-order valence-corrected chi connectivity index (χ2v) is 5.09. The molecule has 1 aromatic rings. The third-order valence-corrected chi connectivity index (χ3v) is 3.66. The normalized spacial score (nSPS) is 18.9. The van der Waals surface area contributed by atoms with Gasteiger partial charge in [0.15, 0.2) is 0 Å². The molecule has 5 nitrogen and oxygen atoms in total. The van der Waals surface area contributed by atoms with Crippen molar-refractivity contribution in [2.24, 2.45) is 0 Å². The predicted molar refractivity (Wildman–Crippen MR) is 73.8 cm³/mol. The quantitative estimate of drug-likeness (QED) is 0.911. The highest BCUT2D eigenvalue weighted by Crippen LogP contribution is 2.17. The Balaban J connectivity index is 2.12. The standard InChI is InChI=1S/C15H19NO4/c1-10-4-3-5-13(11(10)2)15(19)16-6-7-20-12(9-16)8-14(17)18/h3-5,12H,6-9H2,1-2H3,(H,17,18). The number of carboxylic acids is 1. The zero-order valence-corrected chi connectivity index (χ0v) is 11.8. The lowest BCUT2D eigenvalue weighted by molar-refractivity contribution is -0.141. The molecule has 1 saturated heterocycles. The number of aliphatic carboxylic acids is 1. The van der Waals surface area contributed by atoms with Crippen molar-refractivity contribution in [3.05, 3.63) is 34.9 Å². The second kappa shape index (κ2) is 6.05. The van der Waals surface area contributed by atoms with Gasteiger partial charge in [0.2, 0.25) is 0 Å². The van der Waals surface area contributed by atoms with E-state index in [1.54, 1.807) is 4.90 Å². The Morgan fingerprint density at radius 3 is 2.85 bits per heavy atom. The van der Waals surface area contributed by atoms with E-state index in [-0.39, 0.29) is 12.3 Å². The molecule has 108 valence electrons. The van der Waals surface area contributed by atoms with Crippen LogP contribution >= 0.6 is 0 Å². The molecule has 1 aliphatic rings. The van der Waals surface area contributed by atoms with Crippen molar-refractivity contribution in [2.45, 2.75) is 26.4 Å². The molecule has 1 fully saturated rings. The number of hydrogen-bond acceptors (Lipinski definition) is 3. The van der Waals surface area contributed by atoms with E-state index < -0.39 is 12.1 Å². The molecule has 0 spiro atoms. The third kappa shape index (κ3) is 3.17. The minimum Gasteiger partial charge on any atom is -0.481 e. The smallest absolute Gasteiger partial charge is 0.306 e. The van der Waals surface area contributed by atoms with Crippen LogP contribution in [-0.2, 0) is 9.53 Å². The molecule has 5 heteroatoms. The maximum atomic E-state index is 12.5. The molecular formula is C15H19NO4. The van der Waals surface area contributed by atoms with Crippen LogP contribution in [0.15, 0.2) is 18.2 Å². The molecule has 2 rings (SSSR count). The van der Waals surface area contributed by atoms with Crippen LogP contribution in [0.1, 0.15) is 27.9 Å². The van der Waals surface area contributed by atoms with Gasteiger partial charge >= 0.3 is 5.97 Å². The number of carbonyl (C=O) groups is 2. The molecular weight excluding hydrogens is 258 g/mol. The topological polar surface area (TPSA) is 66.8 Å². The van der Waals surface area contributed by atoms with Gasteiger partial charge in [0.1, 0.15) is 0 Å². The van der Waals surface area contributed by atoms with Gasteiger partial charge in [-0.3, -0.25) is 9.59 Å². The molecule has 20 heavy (non-hydrogen) atoms. The highest BCUT2D eigenvalue weighted by atomic mass is 16.5. The molecule has 0 saturated carbocycles. The summed E-state index contributed by atoms with van der Waals surface area (Å²) in [5.41, 5.74) is 2.73. The molecule has 1 atom stereocenters. The van der Waals surface area contributed by atoms with E-state index in [1.807, 2.05) is 32.0 Å². The Morgan fingerprint density at radius 1 is 1.40 bits per heavy atom. The van der Waals surface area contributed by atoms with Crippen LogP contribution in [-0.4, -0.2) is 47.7 Å². The van der Waals surface area contributed by atoms with Crippen LogP contribution in [0.3, 0.4) is 0 Å². The first-order chi connectivity index (χ1) is 9.49. The Kier molecular flexibility index (Phi) is 4.39. The molecule has 0 bridgehead atoms. The van der Waals surface area contributed by atoms with Gasteiger partial charge in [0.05, 0.1) is 19.1 Å². The molecule has 0 radical (unpaired) electrons. The molecule has 1 aromatic carbocycles. The van der Waals surface area contributed by atoms with Gasteiger partial charge in [-0.05, 0) is 31.0 Å². The zero-order valence-electron chi connectivity index (χ0n) is 11.8. The lowest BCUT2D eigenvalue weighted by Gasteiger charge is -2.32. The fourth-order valence-corrected chi connectivity index (χ4v) is 2.38. The minimum atomic E-state index is -0.906. The van der Waals surface area contributed by atoms with Crippen molar-refractivity contribution in [3.8, 4) is 0 Å². The van der Waals surface area contributed by atoms with Crippen LogP contribution in [0.25, 0.3) is 0 Å². The molecule has 1 heterocycles. The number of aryl methyl sites for hydroxylation is 1. The first kappa shape index (κ1) is 14.5. The summed E-state index contributed by atoms with van der Waals surface area (Å²) in [6, 6.07) is 5.65. The van der Waals surface area contributed by atoms with E-state index in [1.165, 1.54) is 0 Å². The number of carboxylic acid groups (broad SMARTS) is 1.